The first-order valence-electron chi connectivity index (χ1n) is 7.39. The van der Waals surface area contributed by atoms with Crippen LogP contribution in [0.3, 0.4) is 0 Å². The number of pyridine rings is 1. The van der Waals surface area contributed by atoms with E-state index in [4.69, 9.17) is 6.42 Å². The molecule has 2 heterocycles. The number of piperazine rings is 1. The highest BCUT2D eigenvalue weighted by Gasteiger charge is 2.17. The second-order valence-electron chi connectivity index (χ2n) is 5.05. The van der Waals surface area contributed by atoms with Crippen LogP contribution in [0.4, 0.5) is 5.82 Å². The summed E-state index contributed by atoms with van der Waals surface area (Å²) in [7, 11) is 0. The van der Waals surface area contributed by atoms with Gasteiger partial charge in [-0.15, -0.1) is 12.3 Å². The zero-order valence-corrected chi connectivity index (χ0v) is 12.5. The summed E-state index contributed by atoms with van der Waals surface area (Å²) in [6.07, 6.45) is 7.74. The fourth-order valence-corrected chi connectivity index (χ4v) is 2.39. The van der Waals surface area contributed by atoms with Gasteiger partial charge in [-0.2, -0.15) is 0 Å². The Balaban J connectivity index is 1.89. The summed E-state index contributed by atoms with van der Waals surface area (Å²) in [6, 6.07) is 3.75. The number of hydrogen-bond acceptors (Lipinski definition) is 4. The van der Waals surface area contributed by atoms with E-state index in [1.807, 2.05) is 19.1 Å². The average Bonchev–Trinajstić information content (AvgIpc) is 2.54. The van der Waals surface area contributed by atoms with Crippen molar-refractivity contribution in [3.05, 3.63) is 23.9 Å². The van der Waals surface area contributed by atoms with Gasteiger partial charge in [0.1, 0.15) is 5.82 Å². The van der Waals surface area contributed by atoms with Crippen LogP contribution in [0, 0.1) is 12.3 Å². The largest absolute Gasteiger partial charge is 0.354 e. The van der Waals surface area contributed by atoms with E-state index >= 15 is 0 Å². The number of terminal acetylenes is 1. The SMILES string of the molecule is C#CCCN1CCN(c2ccc(C(=O)NCC)cn2)CC1. The van der Waals surface area contributed by atoms with E-state index in [9.17, 15) is 4.79 Å². The van der Waals surface area contributed by atoms with Crippen LogP contribution in [0.25, 0.3) is 0 Å². The predicted molar refractivity (Wildman–Crippen MR) is 84.3 cm³/mol. The Labute approximate surface area is 126 Å². The summed E-state index contributed by atoms with van der Waals surface area (Å²) in [6.45, 7) is 7.38. The summed E-state index contributed by atoms with van der Waals surface area (Å²) >= 11 is 0. The van der Waals surface area contributed by atoms with Crippen LogP contribution >= 0.6 is 0 Å². The lowest BCUT2D eigenvalue weighted by molar-refractivity contribution is 0.0955. The molecule has 0 bridgehead atoms. The maximum absolute atomic E-state index is 11.7. The van der Waals surface area contributed by atoms with Crippen LogP contribution < -0.4 is 10.2 Å². The maximum Gasteiger partial charge on any atom is 0.252 e. The number of carbonyl (C=O) groups excluding carboxylic acids is 1. The molecule has 0 saturated carbocycles. The van der Waals surface area contributed by atoms with Crippen molar-refractivity contribution in [1.82, 2.24) is 15.2 Å². The molecule has 5 heteroatoms. The molecular formula is C16H22N4O. The number of carbonyl (C=O) groups is 1. The molecular weight excluding hydrogens is 264 g/mol. The smallest absolute Gasteiger partial charge is 0.252 e. The van der Waals surface area contributed by atoms with E-state index in [-0.39, 0.29) is 5.91 Å². The molecule has 1 aromatic rings. The van der Waals surface area contributed by atoms with Gasteiger partial charge in [0.05, 0.1) is 5.56 Å². The quantitative estimate of drug-likeness (QED) is 0.820. The second kappa shape index (κ2) is 7.65. The van der Waals surface area contributed by atoms with Crippen molar-refractivity contribution in [3.8, 4) is 12.3 Å². The van der Waals surface area contributed by atoms with Crippen LogP contribution in [-0.2, 0) is 0 Å². The first-order chi connectivity index (χ1) is 10.2. The van der Waals surface area contributed by atoms with Gasteiger partial charge in [0, 0.05) is 51.9 Å². The Morgan fingerprint density at radius 3 is 2.71 bits per heavy atom. The molecule has 112 valence electrons. The van der Waals surface area contributed by atoms with Crippen molar-refractivity contribution in [2.24, 2.45) is 0 Å². The minimum Gasteiger partial charge on any atom is -0.354 e. The Morgan fingerprint density at radius 2 is 2.14 bits per heavy atom. The number of hydrogen-bond donors (Lipinski definition) is 1. The summed E-state index contributed by atoms with van der Waals surface area (Å²) in [4.78, 5) is 20.7. The Kier molecular flexibility index (Phi) is 5.59. The molecule has 1 aliphatic heterocycles. The highest BCUT2D eigenvalue weighted by molar-refractivity contribution is 5.93. The Hall–Kier alpha value is -2.06. The molecule has 0 spiro atoms. The first kappa shape index (κ1) is 15.3. The van der Waals surface area contributed by atoms with Gasteiger partial charge < -0.3 is 10.2 Å². The highest BCUT2D eigenvalue weighted by atomic mass is 16.1. The Bertz CT molecular complexity index is 498. The lowest BCUT2D eigenvalue weighted by Crippen LogP contribution is -2.46. The molecule has 21 heavy (non-hydrogen) atoms. The first-order valence-corrected chi connectivity index (χ1v) is 7.39. The van der Waals surface area contributed by atoms with Crippen LogP contribution in [0.2, 0.25) is 0 Å². The minimum atomic E-state index is -0.0735. The molecule has 1 amide bonds. The molecule has 0 unspecified atom stereocenters. The highest BCUT2D eigenvalue weighted by Crippen LogP contribution is 2.14. The van der Waals surface area contributed by atoms with E-state index in [0.29, 0.717) is 12.1 Å². The molecule has 1 saturated heterocycles. The molecule has 0 aliphatic carbocycles. The third kappa shape index (κ3) is 4.20. The van der Waals surface area contributed by atoms with Crippen molar-refractivity contribution in [1.29, 1.82) is 0 Å². The molecule has 1 N–H and O–H groups in total. The van der Waals surface area contributed by atoms with E-state index in [1.165, 1.54) is 0 Å². The van der Waals surface area contributed by atoms with Gasteiger partial charge in [-0.05, 0) is 19.1 Å². The lowest BCUT2D eigenvalue weighted by atomic mass is 10.2. The molecule has 0 atom stereocenters. The fourth-order valence-electron chi connectivity index (χ4n) is 2.39. The van der Waals surface area contributed by atoms with Crippen molar-refractivity contribution in [2.45, 2.75) is 13.3 Å². The van der Waals surface area contributed by atoms with Crippen molar-refractivity contribution >= 4 is 11.7 Å². The zero-order valence-electron chi connectivity index (χ0n) is 12.5. The minimum absolute atomic E-state index is 0.0735. The zero-order chi connectivity index (χ0) is 15.1. The number of anilines is 1. The molecule has 1 aromatic heterocycles. The predicted octanol–water partition coefficient (Wildman–Crippen LogP) is 0.977. The molecule has 1 aliphatic rings. The maximum atomic E-state index is 11.7. The normalized spacial score (nSPS) is 15.5. The van der Waals surface area contributed by atoms with Gasteiger partial charge >= 0.3 is 0 Å². The summed E-state index contributed by atoms with van der Waals surface area (Å²) in [5.41, 5.74) is 0.605. The third-order valence-corrected chi connectivity index (χ3v) is 3.62. The molecule has 2 rings (SSSR count). The molecule has 1 fully saturated rings. The van der Waals surface area contributed by atoms with Crippen molar-refractivity contribution in [3.63, 3.8) is 0 Å². The Morgan fingerprint density at radius 1 is 1.38 bits per heavy atom. The third-order valence-electron chi connectivity index (χ3n) is 3.62. The van der Waals surface area contributed by atoms with Gasteiger partial charge in [0.2, 0.25) is 0 Å². The number of nitrogens with one attached hydrogen (secondary N) is 1. The van der Waals surface area contributed by atoms with E-state index < -0.39 is 0 Å². The summed E-state index contributed by atoms with van der Waals surface area (Å²) in [5, 5.41) is 2.77. The average molecular weight is 286 g/mol. The van der Waals surface area contributed by atoms with Gasteiger partial charge in [-0.1, -0.05) is 0 Å². The van der Waals surface area contributed by atoms with Crippen LogP contribution in [0.1, 0.15) is 23.7 Å². The van der Waals surface area contributed by atoms with E-state index in [1.54, 1.807) is 6.20 Å². The van der Waals surface area contributed by atoms with Gasteiger partial charge in [-0.3, -0.25) is 9.69 Å². The monoisotopic (exact) mass is 286 g/mol. The number of aromatic nitrogens is 1. The number of nitrogens with zero attached hydrogens (tertiary/aromatic N) is 3. The molecule has 5 nitrogen and oxygen atoms in total. The summed E-state index contributed by atoms with van der Waals surface area (Å²) < 4.78 is 0. The number of amides is 1. The molecule has 0 aromatic carbocycles. The van der Waals surface area contributed by atoms with Crippen molar-refractivity contribution < 1.29 is 4.79 Å². The fraction of sp³-hybridized carbons (Fsp3) is 0.500. The van der Waals surface area contributed by atoms with Crippen LogP contribution in [0.5, 0.6) is 0 Å². The lowest BCUT2D eigenvalue weighted by Gasteiger charge is -2.35. The van der Waals surface area contributed by atoms with Gasteiger partial charge in [0.15, 0.2) is 0 Å². The topological polar surface area (TPSA) is 48.5 Å². The summed E-state index contributed by atoms with van der Waals surface area (Å²) in [5.74, 6) is 3.54. The van der Waals surface area contributed by atoms with Gasteiger partial charge in [-0.25, -0.2) is 4.98 Å². The molecule has 0 radical (unpaired) electrons. The van der Waals surface area contributed by atoms with Crippen molar-refractivity contribution in [2.75, 3.05) is 44.2 Å². The number of rotatable bonds is 5. The van der Waals surface area contributed by atoms with Crippen LogP contribution in [0.15, 0.2) is 18.3 Å². The van der Waals surface area contributed by atoms with Gasteiger partial charge in [0.25, 0.3) is 5.91 Å². The van der Waals surface area contributed by atoms with E-state index in [0.717, 1.165) is 45.0 Å². The van der Waals surface area contributed by atoms with Crippen LogP contribution in [-0.4, -0.2) is 55.1 Å². The second-order valence-corrected chi connectivity index (χ2v) is 5.05. The standard InChI is InChI=1S/C16H22N4O/c1-3-5-8-19-9-11-20(12-10-19)15-7-6-14(13-18-15)16(21)17-4-2/h1,6-7,13H,4-5,8-12H2,2H3,(H,17,21). The van der Waals surface area contributed by atoms with E-state index in [2.05, 4.69) is 26.0 Å².